The SMILES string of the molecule is C=CC(S)(Br)C(=C(C#N)C(=O)c1ccc(Cl)cc1)C(S)(Br)C=C. The van der Waals surface area contributed by atoms with E-state index in [0.717, 1.165) is 0 Å². The summed E-state index contributed by atoms with van der Waals surface area (Å²) in [5, 5.41) is 10.1. The lowest BCUT2D eigenvalue weighted by Crippen LogP contribution is -2.29. The van der Waals surface area contributed by atoms with Crippen LogP contribution in [-0.2, 0) is 0 Å². The molecule has 1 aromatic carbocycles. The molecule has 0 saturated carbocycles. The van der Waals surface area contributed by atoms with Gasteiger partial charge in [0, 0.05) is 16.2 Å². The van der Waals surface area contributed by atoms with Gasteiger partial charge in [-0.1, -0.05) is 55.6 Å². The lowest BCUT2D eigenvalue weighted by atomic mass is 9.94. The summed E-state index contributed by atoms with van der Waals surface area (Å²) in [6.07, 6.45) is 2.90. The maximum Gasteiger partial charge on any atom is 0.203 e. The zero-order valence-electron chi connectivity index (χ0n) is 11.8. The Morgan fingerprint density at radius 3 is 1.96 bits per heavy atom. The molecule has 7 heteroatoms. The van der Waals surface area contributed by atoms with Crippen molar-refractivity contribution in [3.05, 3.63) is 71.3 Å². The van der Waals surface area contributed by atoms with Crippen molar-refractivity contribution in [1.82, 2.24) is 0 Å². The molecule has 1 aromatic rings. The summed E-state index contributed by atoms with van der Waals surface area (Å²) in [6, 6.07) is 8.19. The Morgan fingerprint density at radius 2 is 1.61 bits per heavy atom. The van der Waals surface area contributed by atoms with Crippen LogP contribution in [0, 0.1) is 11.3 Å². The highest BCUT2D eigenvalue weighted by Crippen LogP contribution is 2.48. The Bertz CT molecular complexity index is 697. The fourth-order valence-electron chi connectivity index (χ4n) is 1.77. The summed E-state index contributed by atoms with van der Waals surface area (Å²) in [6.45, 7) is 7.35. The Morgan fingerprint density at radius 1 is 1.17 bits per heavy atom. The topological polar surface area (TPSA) is 40.9 Å². The molecule has 0 aliphatic heterocycles. The molecule has 0 bridgehead atoms. The quantitative estimate of drug-likeness (QED) is 0.132. The first kappa shape index (κ1) is 20.6. The molecule has 1 rings (SSSR count). The lowest BCUT2D eigenvalue weighted by molar-refractivity contribution is 0.103. The summed E-state index contributed by atoms with van der Waals surface area (Å²) >= 11 is 21.4. The number of rotatable bonds is 6. The fourth-order valence-corrected chi connectivity index (χ4v) is 4.15. The summed E-state index contributed by atoms with van der Waals surface area (Å²) in [7, 11) is 0. The molecule has 0 amide bonds. The van der Waals surface area contributed by atoms with E-state index in [2.05, 4.69) is 70.3 Å². The Hall–Kier alpha value is -0.450. The van der Waals surface area contributed by atoms with Crippen LogP contribution in [0.3, 0.4) is 0 Å². The van der Waals surface area contributed by atoms with Crippen LogP contribution in [0.1, 0.15) is 10.4 Å². The molecule has 23 heavy (non-hydrogen) atoms. The van der Waals surface area contributed by atoms with Crippen LogP contribution in [0.15, 0.2) is 60.7 Å². The van der Waals surface area contributed by atoms with E-state index in [1.165, 1.54) is 12.2 Å². The van der Waals surface area contributed by atoms with Gasteiger partial charge in [0.05, 0.1) is 0 Å². The number of nitriles is 1. The molecule has 0 spiro atoms. The average Bonchev–Trinajstić information content (AvgIpc) is 2.52. The molecule has 0 saturated heterocycles. The van der Waals surface area contributed by atoms with E-state index in [1.807, 2.05) is 6.07 Å². The van der Waals surface area contributed by atoms with Crippen molar-refractivity contribution in [2.24, 2.45) is 0 Å². The molecule has 2 unspecified atom stereocenters. The molecule has 0 aliphatic rings. The van der Waals surface area contributed by atoms with Gasteiger partial charge in [-0.3, -0.25) is 4.79 Å². The van der Waals surface area contributed by atoms with Crippen molar-refractivity contribution in [3.8, 4) is 6.07 Å². The first-order chi connectivity index (χ1) is 10.6. The second-order valence-corrected chi connectivity index (χ2v) is 10.0. The van der Waals surface area contributed by atoms with Crippen molar-refractivity contribution in [1.29, 1.82) is 5.26 Å². The van der Waals surface area contributed by atoms with Gasteiger partial charge in [-0.05, 0) is 24.3 Å². The van der Waals surface area contributed by atoms with Crippen LogP contribution in [0.25, 0.3) is 0 Å². The first-order valence-corrected chi connectivity index (χ1v) is 9.02. The van der Waals surface area contributed by atoms with Gasteiger partial charge in [0.1, 0.15) is 19.0 Å². The summed E-state index contributed by atoms with van der Waals surface area (Å²) < 4.78 is -2.28. The summed E-state index contributed by atoms with van der Waals surface area (Å²) in [5.74, 6) is -0.474. The van der Waals surface area contributed by atoms with Gasteiger partial charge in [-0.15, -0.1) is 13.2 Å². The van der Waals surface area contributed by atoms with Gasteiger partial charge in [0.2, 0.25) is 5.78 Å². The number of Topliss-reactive ketones (excluding diaryl/α,β-unsaturated/α-hetero) is 1. The Balaban J connectivity index is 3.67. The smallest absolute Gasteiger partial charge is 0.203 e. The number of carbonyl (C=O) groups excluding carboxylic acids is 1. The maximum absolute atomic E-state index is 12.8. The largest absolute Gasteiger partial charge is 0.288 e. The van der Waals surface area contributed by atoms with Crippen molar-refractivity contribution in [3.63, 3.8) is 0 Å². The van der Waals surface area contributed by atoms with Crippen LogP contribution in [0.5, 0.6) is 0 Å². The van der Waals surface area contributed by atoms with Gasteiger partial charge in [0.25, 0.3) is 0 Å². The van der Waals surface area contributed by atoms with Gasteiger partial charge in [-0.25, -0.2) is 0 Å². The number of halogens is 3. The van der Waals surface area contributed by atoms with Crippen LogP contribution in [0.2, 0.25) is 5.02 Å². The number of benzene rings is 1. The zero-order chi connectivity index (χ0) is 17.8. The normalized spacial score (nSPS) is 15.5. The van der Waals surface area contributed by atoms with Crippen molar-refractivity contribution >= 4 is 74.5 Å². The molecule has 0 fully saturated rings. The number of nitrogens with zero attached hydrogens (tertiary/aromatic N) is 1. The molecule has 0 N–H and O–H groups in total. The summed E-state index contributed by atoms with van der Waals surface area (Å²) in [5.41, 5.74) is 0.472. The third-order valence-corrected chi connectivity index (χ3v) is 5.44. The van der Waals surface area contributed by atoms with Gasteiger partial charge in [0.15, 0.2) is 0 Å². The van der Waals surface area contributed by atoms with Gasteiger partial charge < -0.3 is 0 Å². The number of carbonyl (C=O) groups is 1. The number of hydrogen-bond acceptors (Lipinski definition) is 4. The van der Waals surface area contributed by atoms with Crippen molar-refractivity contribution in [2.45, 2.75) is 7.31 Å². The Kier molecular flexibility index (Phi) is 7.24. The molecule has 0 aromatic heterocycles. The van der Waals surface area contributed by atoms with E-state index < -0.39 is 13.1 Å². The van der Waals surface area contributed by atoms with E-state index in [4.69, 9.17) is 11.6 Å². The highest BCUT2D eigenvalue weighted by Gasteiger charge is 2.40. The third kappa shape index (κ3) is 4.77. The highest BCUT2D eigenvalue weighted by molar-refractivity contribution is 9.12. The average molecular weight is 494 g/mol. The molecular formula is C16H12Br2ClNOS2. The minimum Gasteiger partial charge on any atom is -0.288 e. The molecule has 0 aliphatic carbocycles. The summed E-state index contributed by atoms with van der Waals surface area (Å²) in [4.78, 5) is 12.8. The molecule has 2 atom stereocenters. The third-order valence-electron chi connectivity index (χ3n) is 2.94. The molecule has 0 heterocycles. The van der Waals surface area contributed by atoms with E-state index in [-0.39, 0.29) is 11.1 Å². The number of hydrogen-bond donors (Lipinski definition) is 2. The fraction of sp³-hybridized carbons (Fsp3) is 0.125. The Labute approximate surface area is 168 Å². The zero-order valence-corrected chi connectivity index (χ0v) is 17.5. The lowest BCUT2D eigenvalue weighted by Gasteiger charge is -2.31. The molecule has 0 radical (unpaired) electrons. The second-order valence-electron chi connectivity index (χ2n) is 4.45. The van der Waals surface area contributed by atoms with Crippen molar-refractivity contribution < 1.29 is 4.79 Å². The van der Waals surface area contributed by atoms with Crippen LogP contribution in [0.4, 0.5) is 0 Å². The maximum atomic E-state index is 12.8. The van der Waals surface area contributed by atoms with Crippen LogP contribution in [-0.4, -0.2) is 13.1 Å². The number of ketones is 1. The molecular weight excluding hydrogens is 482 g/mol. The predicted molar refractivity (Wildman–Crippen MR) is 110 cm³/mol. The number of allylic oxidation sites excluding steroid dienone is 1. The van der Waals surface area contributed by atoms with E-state index >= 15 is 0 Å². The minimum atomic E-state index is -1.14. The molecule has 120 valence electrons. The van der Waals surface area contributed by atoms with Gasteiger partial charge in [-0.2, -0.15) is 30.5 Å². The second kappa shape index (κ2) is 8.09. The van der Waals surface area contributed by atoms with Crippen LogP contribution >= 0.6 is 68.7 Å². The standard InChI is InChI=1S/C16H12Br2ClNOS2/c1-3-15(17,22)14(16(18,23)4-2)12(9-20)13(21)10-5-7-11(19)8-6-10/h3-8,22-23H,1-2H2. The number of alkyl halides is 2. The van der Waals surface area contributed by atoms with Gasteiger partial charge >= 0.3 is 0 Å². The minimum absolute atomic E-state index is 0.120. The van der Waals surface area contributed by atoms with E-state index in [0.29, 0.717) is 10.6 Å². The predicted octanol–water partition coefficient (Wildman–Crippen LogP) is 5.76. The van der Waals surface area contributed by atoms with Crippen molar-refractivity contribution in [2.75, 3.05) is 0 Å². The monoisotopic (exact) mass is 491 g/mol. The first-order valence-electron chi connectivity index (χ1n) is 6.16. The highest BCUT2D eigenvalue weighted by atomic mass is 79.9. The van der Waals surface area contributed by atoms with E-state index in [9.17, 15) is 10.1 Å². The van der Waals surface area contributed by atoms with Crippen LogP contribution < -0.4 is 0 Å². The van der Waals surface area contributed by atoms with E-state index in [1.54, 1.807) is 24.3 Å². The number of thiol groups is 2. The molecule has 2 nitrogen and oxygen atoms in total.